The number of aromatic amines is 1. The number of nitrogens with zero attached hydrogens (tertiary/aromatic N) is 5. The first-order valence-corrected chi connectivity index (χ1v) is 12.1. The van der Waals surface area contributed by atoms with Crippen LogP contribution in [-0.4, -0.2) is 38.2 Å². The van der Waals surface area contributed by atoms with Crippen LogP contribution in [0.3, 0.4) is 0 Å². The number of fused-ring (bicyclic) bond motifs is 2. The number of piperidine rings is 1. The van der Waals surface area contributed by atoms with E-state index in [1.807, 2.05) is 6.20 Å². The Morgan fingerprint density at radius 3 is 2.79 bits per heavy atom. The maximum absolute atomic E-state index is 6.72. The van der Waals surface area contributed by atoms with E-state index in [4.69, 9.17) is 28.1 Å². The summed E-state index contributed by atoms with van der Waals surface area (Å²) in [5.41, 5.74) is 16.7. The van der Waals surface area contributed by atoms with E-state index in [2.05, 4.69) is 49.3 Å². The Labute approximate surface area is 200 Å². The summed E-state index contributed by atoms with van der Waals surface area (Å²) in [5, 5.41) is 8.52. The first-order valence-electron chi connectivity index (χ1n) is 10.9. The largest absolute Gasteiger partial charge is 0.382 e. The summed E-state index contributed by atoms with van der Waals surface area (Å²) in [5.74, 6) is 1.15. The van der Waals surface area contributed by atoms with Gasteiger partial charge in [0.15, 0.2) is 10.7 Å². The van der Waals surface area contributed by atoms with Crippen molar-refractivity contribution in [2.75, 3.05) is 23.7 Å². The Balaban J connectivity index is 1.20. The van der Waals surface area contributed by atoms with Crippen molar-refractivity contribution >= 4 is 46.2 Å². The minimum absolute atomic E-state index is 0.102. The summed E-state index contributed by atoms with van der Waals surface area (Å²) in [6.45, 7) is 1.81. The van der Waals surface area contributed by atoms with E-state index in [1.165, 1.54) is 22.9 Å². The van der Waals surface area contributed by atoms with Crippen LogP contribution in [0.15, 0.2) is 52.6 Å². The highest BCUT2D eigenvalue weighted by Crippen LogP contribution is 2.51. The quantitative estimate of drug-likeness (QED) is 0.404. The molecule has 1 spiro atoms. The van der Waals surface area contributed by atoms with E-state index in [0.717, 1.165) is 43.1 Å². The molecule has 0 radical (unpaired) electrons. The molecule has 6 rings (SSSR count). The molecule has 2 aliphatic rings. The minimum Gasteiger partial charge on any atom is -0.382 e. The van der Waals surface area contributed by atoms with Crippen molar-refractivity contribution in [3.63, 3.8) is 0 Å². The van der Waals surface area contributed by atoms with Crippen molar-refractivity contribution in [3.05, 3.63) is 58.9 Å². The molecule has 168 valence electrons. The molecule has 33 heavy (non-hydrogen) atoms. The Morgan fingerprint density at radius 1 is 1.15 bits per heavy atom. The highest BCUT2D eigenvalue weighted by Gasteiger charge is 2.45. The highest BCUT2D eigenvalue weighted by molar-refractivity contribution is 7.99. The molecule has 1 aliphatic carbocycles. The number of aromatic nitrogens is 5. The predicted octanol–water partition coefficient (Wildman–Crippen LogP) is 3.98. The molecule has 10 heteroatoms. The third kappa shape index (κ3) is 3.42. The van der Waals surface area contributed by atoms with Gasteiger partial charge in [-0.25, -0.2) is 15.0 Å². The molecule has 0 bridgehead atoms. The lowest BCUT2D eigenvalue weighted by Gasteiger charge is -2.42. The number of benzene rings is 1. The van der Waals surface area contributed by atoms with Gasteiger partial charge in [-0.2, -0.15) is 5.10 Å². The van der Waals surface area contributed by atoms with E-state index in [-0.39, 0.29) is 11.5 Å². The zero-order chi connectivity index (χ0) is 22.6. The number of nitrogen functional groups attached to an aromatic ring is 1. The molecule has 4 aromatic rings. The molecule has 1 aromatic carbocycles. The van der Waals surface area contributed by atoms with Crippen LogP contribution >= 0.6 is 23.4 Å². The van der Waals surface area contributed by atoms with Crippen LogP contribution in [0, 0.1) is 5.41 Å². The molecule has 5 N–H and O–H groups in total. The third-order valence-electron chi connectivity index (χ3n) is 6.99. The molecule has 1 saturated heterocycles. The van der Waals surface area contributed by atoms with E-state index in [1.54, 1.807) is 12.3 Å². The average molecular weight is 479 g/mol. The second kappa shape index (κ2) is 7.86. The van der Waals surface area contributed by atoms with E-state index >= 15 is 0 Å². The van der Waals surface area contributed by atoms with Crippen molar-refractivity contribution in [1.29, 1.82) is 0 Å². The molecular formula is C23H23ClN8S. The molecule has 3 aromatic heterocycles. The lowest BCUT2D eigenvalue weighted by Crippen LogP contribution is -2.44. The van der Waals surface area contributed by atoms with Crippen LogP contribution in [0.4, 0.5) is 11.6 Å². The fraction of sp³-hybridized carbons (Fsp3) is 0.304. The number of anilines is 2. The van der Waals surface area contributed by atoms with Crippen LogP contribution in [0.5, 0.6) is 0 Å². The van der Waals surface area contributed by atoms with E-state index < -0.39 is 0 Å². The number of hydrogen-bond acceptors (Lipinski definition) is 8. The fourth-order valence-electron chi connectivity index (χ4n) is 5.11. The molecule has 1 aliphatic heterocycles. The molecule has 4 heterocycles. The number of rotatable bonds is 3. The van der Waals surface area contributed by atoms with Gasteiger partial charge in [-0.15, -0.1) is 0 Å². The smallest absolute Gasteiger partial charge is 0.177 e. The van der Waals surface area contributed by atoms with Gasteiger partial charge in [0.05, 0.1) is 11.2 Å². The van der Waals surface area contributed by atoms with Crippen LogP contribution in [0.1, 0.15) is 30.0 Å². The maximum atomic E-state index is 6.72. The van der Waals surface area contributed by atoms with Gasteiger partial charge in [0.25, 0.3) is 0 Å². The molecule has 0 amide bonds. The van der Waals surface area contributed by atoms with Crippen molar-refractivity contribution in [3.8, 4) is 0 Å². The second-order valence-electron chi connectivity index (χ2n) is 8.77. The normalized spacial score (nSPS) is 19.3. The third-order valence-corrected chi connectivity index (χ3v) is 8.54. The number of pyridine rings is 1. The van der Waals surface area contributed by atoms with Crippen LogP contribution in [-0.2, 0) is 6.42 Å². The molecule has 0 unspecified atom stereocenters. The van der Waals surface area contributed by atoms with Crippen molar-refractivity contribution < 1.29 is 0 Å². The standard InChI is InChI=1S/C23H23ClN8S/c24-17-15(5-8-27-20(17)26)33-22-18-21(30-31-22)29-16(12-28-18)32-9-6-23(7-10-32)11-13-3-1-2-4-14(13)19(23)25/h1-5,8,12,19H,6-7,9-11,25H2,(H2,26,27)(H,29,30,31)/t19-/m1/s1. The first kappa shape index (κ1) is 20.7. The van der Waals surface area contributed by atoms with Crippen LogP contribution < -0.4 is 16.4 Å². The summed E-state index contributed by atoms with van der Waals surface area (Å²) < 4.78 is 0. The summed E-state index contributed by atoms with van der Waals surface area (Å²) in [4.78, 5) is 16.5. The van der Waals surface area contributed by atoms with Gasteiger partial charge in [-0.3, -0.25) is 5.10 Å². The topological polar surface area (TPSA) is 123 Å². The Bertz CT molecular complexity index is 1350. The van der Waals surface area contributed by atoms with Crippen molar-refractivity contribution in [1.82, 2.24) is 25.1 Å². The monoisotopic (exact) mass is 478 g/mol. The lowest BCUT2D eigenvalue weighted by molar-refractivity contribution is 0.187. The zero-order valence-corrected chi connectivity index (χ0v) is 19.4. The van der Waals surface area contributed by atoms with Crippen LogP contribution in [0.2, 0.25) is 5.02 Å². The number of halogens is 1. The van der Waals surface area contributed by atoms with Gasteiger partial charge in [-0.05, 0) is 41.9 Å². The molecule has 1 fully saturated rings. The van der Waals surface area contributed by atoms with E-state index in [9.17, 15) is 0 Å². The number of hydrogen-bond donors (Lipinski definition) is 3. The average Bonchev–Trinajstić information content (AvgIpc) is 3.36. The van der Waals surface area contributed by atoms with Gasteiger partial charge in [0.1, 0.15) is 17.2 Å². The molecule has 8 nitrogen and oxygen atoms in total. The Morgan fingerprint density at radius 2 is 1.97 bits per heavy atom. The van der Waals surface area contributed by atoms with Crippen LogP contribution in [0.25, 0.3) is 11.2 Å². The minimum atomic E-state index is 0.102. The summed E-state index contributed by atoms with van der Waals surface area (Å²) >= 11 is 7.67. The Kier molecular flexibility index (Phi) is 4.93. The fourth-order valence-corrected chi connectivity index (χ4v) is 6.20. The van der Waals surface area contributed by atoms with Crippen molar-refractivity contribution in [2.24, 2.45) is 11.1 Å². The SMILES string of the molecule is Nc1nccc(Sc2n[nH]c3nc(N4CCC5(CC4)Cc4ccccc4[C@H]5N)cnc23)c1Cl. The summed E-state index contributed by atoms with van der Waals surface area (Å²) in [7, 11) is 0. The number of H-pyrrole nitrogens is 1. The van der Waals surface area contributed by atoms with Gasteiger partial charge in [0.2, 0.25) is 0 Å². The second-order valence-corrected chi connectivity index (χ2v) is 10.2. The predicted molar refractivity (Wildman–Crippen MR) is 130 cm³/mol. The zero-order valence-electron chi connectivity index (χ0n) is 17.8. The number of nitrogens with two attached hydrogens (primary N) is 2. The van der Waals surface area contributed by atoms with E-state index in [0.29, 0.717) is 27.0 Å². The van der Waals surface area contributed by atoms with Gasteiger partial charge in [0, 0.05) is 30.2 Å². The maximum Gasteiger partial charge on any atom is 0.177 e. The molecular weight excluding hydrogens is 456 g/mol. The number of nitrogens with one attached hydrogen (secondary N) is 1. The van der Waals surface area contributed by atoms with Crippen molar-refractivity contribution in [2.45, 2.75) is 35.2 Å². The lowest BCUT2D eigenvalue weighted by atomic mass is 9.73. The Hall–Kier alpha value is -2.88. The van der Waals surface area contributed by atoms with Gasteiger partial charge < -0.3 is 16.4 Å². The summed E-state index contributed by atoms with van der Waals surface area (Å²) in [6, 6.07) is 10.5. The molecule has 0 saturated carbocycles. The van der Waals surface area contributed by atoms with Gasteiger partial charge in [-0.1, -0.05) is 47.6 Å². The van der Waals surface area contributed by atoms with Gasteiger partial charge >= 0.3 is 0 Å². The molecule has 1 atom stereocenters. The first-order chi connectivity index (χ1) is 16.0. The summed E-state index contributed by atoms with van der Waals surface area (Å²) in [6.07, 6.45) is 6.58. The highest BCUT2D eigenvalue weighted by atomic mass is 35.5.